The third-order valence-electron chi connectivity index (χ3n) is 4.87. The highest BCUT2D eigenvalue weighted by atomic mass is 35.5. The molecule has 1 aliphatic rings. The topological polar surface area (TPSA) is 58.2 Å². The van der Waals surface area contributed by atoms with Crippen LogP contribution in [0, 0.1) is 5.92 Å². The minimum Gasteiger partial charge on any atom is -0.352 e. The summed E-state index contributed by atoms with van der Waals surface area (Å²) in [6.07, 6.45) is 1.83. The van der Waals surface area contributed by atoms with Crippen molar-refractivity contribution >= 4 is 75.5 Å². The van der Waals surface area contributed by atoms with Crippen LogP contribution in [0.5, 0.6) is 0 Å². The quantitative estimate of drug-likeness (QED) is 0.323. The summed E-state index contributed by atoms with van der Waals surface area (Å²) >= 11 is 31.0. The van der Waals surface area contributed by atoms with Crippen molar-refractivity contribution in [2.45, 2.75) is 30.0 Å². The summed E-state index contributed by atoms with van der Waals surface area (Å²) in [7, 11) is 0. The van der Waals surface area contributed by atoms with Gasteiger partial charge in [0.15, 0.2) is 0 Å². The van der Waals surface area contributed by atoms with Gasteiger partial charge >= 0.3 is 0 Å². The molecule has 4 nitrogen and oxygen atoms in total. The third-order valence-corrected chi connectivity index (χ3v) is 6.58. The van der Waals surface area contributed by atoms with Gasteiger partial charge in [-0.05, 0) is 48.4 Å². The predicted molar refractivity (Wildman–Crippen MR) is 124 cm³/mol. The van der Waals surface area contributed by atoms with Gasteiger partial charge in [-0.2, -0.15) is 0 Å². The lowest BCUT2D eigenvalue weighted by Gasteiger charge is -2.10. The number of carbonyl (C=O) groups excluding carboxylic acids is 2. The monoisotopic (exact) mass is 506 g/mol. The Morgan fingerprint density at radius 1 is 1.03 bits per heavy atom. The van der Waals surface area contributed by atoms with Gasteiger partial charge in [0.05, 0.1) is 16.5 Å². The third kappa shape index (κ3) is 5.17. The zero-order valence-corrected chi connectivity index (χ0v) is 19.7. The van der Waals surface area contributed by atoms with Crippen molar-refractivity contribution < 1.29 is 9.59 Å². The normalized spacial score (nSPS) is 19.3. The standard InChI is InChI=1S/C21H19Cl5N2O2/c1-2-3-6-27-19(29)15-10-14(4-5-16(15)24)28-20(30)18-17(21(18,25)26)11-7-12(22)9-13(23)8-11/h4-5,7-10,17-18H,2-3,6H2,1H3,(H,27,29)(H,28,30). The van der Waals surface area contributed by atoms with E-state index in [1.807, 2.05) is 6.92 Å². The van der Waals surface area contributed by atoms with Gasteiger partial charge in [-0.15, -0.1) is 23.2 Å². The summed E-state index contributed by atoms with van der Waals surface area (Å²) in [6, 6.07) is 9.66. The minimum absolute atomic E-state index is 0.280. The minimum atomic E-state index is -1.29. The fourth-order valence-corrected chi connectivity index (χ4v) is 4.87. The average Bonchev–Trinajstić information content (AvgIpc) is 3.25. The molecule has 2 atom stereocenters. The molecule has 0 aromatic heterocycles. The number of alkyl halides is 2. The molecule has 1 aliphatic carbocycles. The van der Waals surface area contributed by atoms with Crippen LogP contribution >= 0.6 is 58.0 Å². The summed E-state index contributed by atoms with van der Waals surface area (Å²) in [6.45, 7) is 2.58. The van der Waals surface area contributed by atoms with Crippen molar-refractivity contribution in [2.24, 2.45) is 5.92 Å². The Hall–Kier alpha value is -1.17. The van der Waals surface area contributed by atoms with Crippen molar-refractivity contribution in [2.75, 3.05) is 11.9 Å². The van der Waals surface area contributed by atoms with Gasteiger partial charge in [0, 0.05) is 28.2 Å². The molecule has 2 aromatic rings. The smallest absolute Gasteiger partial charge is 0.252 e. The van der Waals surface area contributed by atoms with E-state index in [0.29, 0.717) is 32.9 Å². The highest BCUT2D eigenvalue weighted by molar-refractivity contribution is 6.53. The van der Waals surface area contributed by atoms with Gasteiger partial charge in [0.2, 0.25) is 5.91 Å². The number of amides is 2. The first kappa shape index (κ1) is 23.5. The van der Waals surface area contributed by atoms with Crippen LogP contribution in [0.3, 0.4) is 0 Å². The van der Waals surface area contributed by atoms with Crippen LogP contribution in [-0.2, 0) is 4.79 Å². The predicted octanol–water partition coefficient (Wildman–Crippen LogP) is 6.70. The van der Waals surface area contributed by atoms with E-state index in [-0.39, 0.29) is 17.4 Å². The second-order valence-corrected chi connectivity index (χ2v) is 9.85. The number of rotatable bonds is 7. The maximum absolute atomic E-state index is 12.8. The Morgan fingerprint density at radius 3 is 2.33 bits per heavy atom. The first-order chi connectivity index (χ1) is 14.1. The Kier molecular flexibility index (Phi) is 7.47. The lowest BCUT2D eigenvalue weighted by molar-refractivity contribution is -0.117. The van der Waals surface area contributed by atoms with Gasteiger partial charge < -0.3 is 10.6 Å². The fraction of sp³-hybridized carbons (Fsp3) is 0.333. The Morgan fingerprint density at radius 2 is 1.70 bits per heavy atom. The maximum atomic E-state index is 12.8. The lowest BCUT2D eigenvalue weighted by Crippen LogP contribution is -2.25. The summed E-state index contributed by atoms with van der Waals surface area (Å²) in [5.41, 5.74) is 1.39. The lowest BCUT2D eigenvalue weighted by atomic mass is 10.1. The number of anilines is 1. The molecule has 0 radical (unpaired) electrons. The van der Waals surface area contributed by atoms with E-state index in [2.05, 4.69) is 10.6 Å². The van der Waals surface area contributed by atoms with E-state index in [1.54, 1.807) is 30.3 Å². The molecule has 0 bridgehead atoms. The number of unbranched alkanes of at least 4 members (excludes halogenated alkanes) is 1. The summed E-state index contributed by atoms with van der Waals surface area (Å²) in [5, 5.41) is 6.74. The van der Waals surface area contributed by atoms with E-state index in [9.17, 15) is 9.59 Å². The number of hydrogen-bond donors (Lipinski definition) is 2. The van der Waals surface area contributed by atoms with E-state index in [1.165, 1.54) is 6.07 Å². The molecular weight excluding hydrogens is 490 g/mol. The van der Waals surface area contributed by atoms with E-state index < -0.39 is 16.2 Å². The van der Waals surface area contributed by atoms with Gasteiger partial charge in [-0.1, -0.05) is 48.1 Å². The second kappa shape index (κ2) is 9.54. The molecule has 0 aliphatic heterocycles. The first-order valence-corrected chi connectivity index (χ1v) is 11.3. The van der Waals surface area contributed by atoms with Crippen LogP contribution in [0.1, 0.15) is 41.6 Å². The van der Waals surface area contributed by atoms with Gasteiger partial charge in [-0.3, -0.25) is 9.59 Å². The summed E-state index contributed by atoms with van der Waals surface area (Å²) < 4.78 is -1.29. The molecule has 9 heteroatoms. The zero-order chi connectivity index (χ0) is 22.1. The van der Waals surface area contributed by atoms with Crippen molar-refractivity contribution in [3.05, 3.63) is 62.6 Å². The van der Waals surface area contributed by atoms with Crippen LogP contribution in [-0.4, -0.2) is 22.7 Å². The number of benzene rings is 2. The highest BCUT2D eigenvalue weighted by Crippen LogP contribution is 2.65. The molecule has 0 heterocycles. The average molecular weight is 509 g/mol. The molecular formula is C21H19Cl5N2O2. The number of hydrogen-bond acceptors (Lipinski definition) is 2. The van der Waals surface area contributed by atoms with Crippen molar-refractivity contribution in [3.8, 4) is 0 Å². The number of nitrogens with one attached hydrogen (secondary N) is 2. The van der Waals surface area contributed by atoms with Crippen LogP contribution in [0.15, 0.2) is 36.4 Å². The molecule has 0 spiro atoms. The van der Waals surface area contributed by atoms with Crippen molar-refractivity contribution in [3.63, 3.8) is 0 Å². The largest absolute Gasteiger partial charge is 0.352 e. The first-order valence-electron chi connectivity index (χ1n) is 9.37. The van der Waals surface area contributed by atoms with E-state index >= 15 is 0 Å². The van der Waals surface area contributed by atoms with Gasteiger partial charge in [-0.25, -0.2) is 0 Å². The van der Waals surface area contributed by atoms with Crippen LogP contribution in [0.4, 0.5) is 5.69 Å². The molecule has 2 amide bonds. The molecule has 1 fully saturated rings. The van der Waals surface area contributed by atoms with Gasteiger partial charge in [0.1, 0.15) is 4.33 Å². The molecule has 30 heavy (non-hydrogen) atoms. The van der Waals surface area contributed by atoms with Crippen LogP contribution in [0.2, 0.25) is 15.1 Å². The molecule has 0 saturated heterocycles. The van der Waals surface area contributed by atoms with Crippen molar-refractivity contribution in [1.82, 2.24) is 5.32 Å². The zero-order valence-electron chi connectivity index (χ0n) is 15.9. The molecule has 160 valence electrons. The van der Waals surface area contributed by atoms with Gasteiger partial charge in [0.25, 0.3) is 5.91 Å². The second-order valence-electron chi connectivity index (χ2n) is 7.13. The Bertz CT molecular complexity index is 960. The Labute approximate surface area is 200 Å². The van der Waals surface area contributed by atoms with E-state index in [4.69, 9.17) is 58.0 Å². The summed E-state index contributed by atoms with van der Waals surface area (Å²) in [5.74, 6) is -1.83. The molecule has 1 saturated carbocycles. The maximum Gasteiger partial charge on any atom is 0.252 e. The Balaban J connectivity index is 1.74. The SMILES string of the molecule is CCCCNC(=O)c1cc(NC(=O)C2C(c3cc(Cl)cc(Cl)c3)C2(Cl)Cl)ccc1Cl. The molecule has 2 aromatic carbocycles. The van der Waals surface area contributed by atoms with Crippen LogP contribution in [0.25, 0.3) is 0 Å². The number of halogens is 5. The van der Waals surface area contributed by atoms with Crippen molar-refractivity contribution in [1.29, 1.82) is 0 Å². The van der Waals surface area contributed by atoms with Crippen LogP contribution < -0.4 is 10.6 Å². The molecule has 2 N–H and O–H groups in total. The molecule has 3 rings (SSSR count). The molecule has 2 unspecified atom stereocenters. The number of carbonyl (C=O) groups is 2. The summed E-state index contributed by atoms with van der Waals surface area (Å²) in [4.78, 5) is 25.2. The van der Waals surface area contributed by atoms with E-state index in [0.717, 1.165) is 12.8 Å². The highest BCUT2D eigenvalue weighted by Gasteiger charge is 2.67. The fourth-order valence-electron chi connectivity index (χ4n) is 3.29.